The maximum Gasteiger partial charge on any atom is 0.304 e. The van der Waals surface area contributed by atoms with Crippen LogP contribution in [-0.2, 0) is 9.53 Å². The second-order valence-electron chi connectivity index (χ2n) is 4.12. The molecule has 0 radical (unpaired) electrons. The summed E-state index contributed by atoms with van der Waals surface area (Å²) in [5.74, 6) is -0.759. The zero-order chi connectivity index (χ0) is 10.6. The molecule has 0 aromatic rings. The Kier molecular flexibility index (Phi) is 3.89. The highest BCUT2D eigenvalue weighted by molar-refractivity contribution is 5.67. The molecular weight excluding hydrogens is 182 g/mol. The van der Waals surface area contributed by atoms with Crippen molar-refractivity contribution in [2.75, 3.05) is 13.7 Å². The van der Waals surface area contributed by atoms with E-state index in [0.717, 1.165) is 19.4 Å². The average molecular weight is 201 g/mol. The third-order valence-electron chi connectivity index (χ3n) is 2.95. The summed E-state index contributed by atoms with van der Waals surface area (Å²) >= 11 is 0. The van der Waals surface area contributed by atoms with Crippen LogP contribution in [0.25, 0.3) is 0 Å². The van der Waals surface area contributed by atoms with Gasteiger partial charge in [-0.1, -0.05) is 0 Å². The van der Waals surface area contributed by atoms with E-state index in [1.165, 1.54) is 6.42 Å². The number of rotatable bonds is 6. The molecular formula is C10H19NO3. The standard InChI is InChI=1S/C10H19NO3/c1-8(6-9(12)13)11-7-10(14-2)4-3-5-10/h8,11H,3-7H2,1-2H3,(H,12,13). The number of aliphatic carboxylic acids is 1. The second-order valence-corrected chi connectivity index (χ2v) is 4.12. The summed E-state index contributed by atoms with van der Waals surface area (Å²) in [5, 5.41) is 11.8. The first-order valence-electron chi connectivity index (χ1n) is 5.08. The van der Waals surface area contributed by atoms with Gasteiger partial charge in [-0.05, 0) is 26.2 Å². The van der Waals surface area contributed by atoms with Crippen LogP contribution in [0.15, 0.2) is 0 Å². The lowest BCUT2D eigenvalue weighted by Crippen LogP contribution is -2.50. The molecule has 1 aliphatic carbocycles. The van der Waals surface area contributed by atoms with Gasteiger partial charge < -0.3 is 15.2 Å². The fourth-order valence-corrected chi connectivity index (χ4v) is 1.72. The highest BCUT2D eigenvalue weighted by Gasteiger charge is 2.36. The Hall–Kier alpha value is -0.610. The number of hydrogen-bond acceptors (Lipinski definition) is 3. The van der Waals surface area contributed by atoms with Crippen molar-refractivity contribution in [1.82, 2.24) is 5.32 Å². The van der Waals surface area contributed by atoms with Gasteiger partial charge in [-0.25, -0.2) is 0 Å². The fraction of sp³-hybridized carbons (Fsp3) is 0.900. The summed E-state index contributed by atoms with van der Waals surface area (Å²) < 4.78 is 5.42. The number of hydrogen-bond donors (Lipinski definition) is 2. The minimum absolute atomic E-state index is 0.0140. The summed E-state index contributed by atoms with van der Waals surface area (Å²) in [6.07, 6.45) is 3.54. The molecule has 0 aromatic heterocycles. The number of ether oxygens (including phenoxy) is 1. The smallest absolute Gasteiger partial charge is 0.304 e. The van der Waals surface area contributed by atoms with Crippen LogP contribution in [0.2, 0.25) is 0 Å². The highest BCUT2D eigenvalue weighted by Crippen LogP contribution is 2.34. The van der Waals surface area contributed by atoms with Gasteiger partial charge in [0, 0.05) is 19.7 Å². The summed E-state index contributed by atoms with van der Waals surface area (Å²) in [6.45, 7) is 2.65. The van der Waals surface area contributed by atoms with E-state index in [1.54, 1.807) is 7.11 Å². The molecule has 0 aliphatic heterocycles. The Morgan fingerprint density at radius 1 is 1.64 bits per heavy atom. The van der Waals surface area contributed by atoms with Crippen molar-refractivity contribution in [1.29, 1.82) is 0 Å². The summed E-state index contributed by atoms with van der Waals surface area (Å²) in [5.41, 5.74) is -0.0211. The molecule has 0 saturated heterocycles. The van der Waals surface area contributed by atoms with Crippen LogP contribution in [0, 0.1) is 0 Å². The first-order valence-corrected chi connectivity index (χ1v) is 5.08. The van der Waals surface area contributed by atoms with Crippen molar-refractivity contribution in [3.8, 4) is 0 Å². The first-order chi connectivity index (χ1) is 6.58. The lowest BCUT2D eigenvalue weighted by atomic mass is 9.80. The molecule has 1 unspecified atom stereocenters. The summed E-state index contributed by atoms with van der Waals surface area (Å²) in [7, 11) is 1.72. The molecule has 0 spiro atoms. The number of methoxy groups -OCH3 is 1. The third kappa shape index (κ3) is 2.96. The topological polar surface area (TPSA) is 58.6 Å². The van der Waals surface area contributed by atoms with Crippen molar-refractivity contribution >= 4 is 5.97 Å². The Balaban J connectivity index is 2.21. The summed E-state index contributed by atoms with van der Waals surface area (Å²) in [6, 6.07) is 0.0140. The first kappa shape index (κ1) is 11.5. The van der Waals surface area contributed by atoms with E-state index in [-0.39, 0.29) is 18.1 Å². The van der Waals surface area contributed by atoms with E-state index in [1.807, 2.05) is 6.92 Å². The Bertz CT molecular complexity index is 196. The predicted molar refractivity (Wildman–Crippen MR) is 53.3 cm³/mol. The van der Waals surface area contributed by atoms with E-state index in [2.05, 4.69) is 5.32 Å². The van der Waals surface area contributed by atoms with E-state index < -0.39 is 5.97 Å². The van der Waals surface area contributed by atoms with Gasteiger partial charge in [0.1, 0.15) is 0 Å². The molecule has 0 aromatic carbocycles. The van der Waals surface area contributed by atoms with Crippen LogP contribution < -0.4 is 5.32 Å². The van der Waals surface area contributed by atoms with Gasteiger partial charge in [0.15, 0.2) is 0 Å². The third-order valence-corrected chi connectivity index (χ3v) is 2.95. The molecule has 82 valence electrons. The van der Waals surface area contributed by atoms with Crippen LogP contribution >= 0.6 is 0 Å². The van der Waals surface area contributed by atoms with Crippen molar-refractivity contribution in [2.45, 2.75) is 44.2 Å². The Morgan fingerprint density at radius 2 is 2.29 bits per heavy atom. The predicted octanol–water partition coefficient (Wildman–Crippen LogP) is 1.01. The van der Waals surface area contributed by atoms with Crippen LogP contribution in [0.5, 0.6) is 0 Å². The van der Waals surface area contributed by atoms with Crippen molar-refractivity contribution in [2.24, 2.45) is 0 Å². The molecule has 0 bridgehead atoms. The maximum absolute atomic E-state index is 10.4. The molecule has 4 nitrogen and oxygen atoms in total. The fourth-order valence-electron chi connectivity index (χ4n) is 1.72. The Morgan fingerprint density at radius 3 is 2.64 bits per heavy atom. The molecule has 1 fully saturated rings. The van der Waals surface area contributed by atoms with Gasteiger partial charge in [0.25, 0.3) is 0 Å². The van der Waals surface area contributed by atoms with E-state index in [0.29, 0.717) is 0 Å². The van der Waals surface area contributed by atoms with E-state index in [9.17, 15) is 4.79 Å². The molecule has 1 saturated carbocycles. The molecule has 1 aliphatic rings. The zero-order valence-electron chi connectivity index (χ0n) is 8.88. The lowest BCUT2D eigenvalue weighted by Gasteiger charge is -2.41. The number of carbonyl (C=O) groups is 1. The summed E-state index contributed by atoms with van der Waals surface area (Å²) in [4.78, 5) is 10.4. The second kappa shape index (κ2) is 4.75. The van der Waals surface area contributed by atoms with Crippen molar-refractivity contribution < 1.29 is 14.6 Å². The van der Waals surface area contributed by atoms with Crippen molar-refractivity contribution in [3.63, 3.8) is 0 Å². The average Bonchev–Trinajstić information content (AvgIpc) is 2.01. The van der Waals surface area contributed by atoms with Crippen LogP contribution in [0.4, 0.5) is 0 Å². The molecule has 0 heterocycles. The van der Waals surface area contributed by atoms with Gasteiger partial charge in [0.05, 0.1) is 12.0 Å². The van der Waals surface area contributed by atoms with Crippen LogP contribution in [0.1, 0.15) is 32.6 Å². The van der Waals surface area contributed by atoms with Gasteiger partial charge >= 0.3 is 5.97 Å². The number of carboxylic acid groups (broad SMARTS) is 1. The van der Waals surface area contributed by atoms with Crippen LogP contribution in [-0.4, -0.2) is 36.4 Å². The molecule has 1 rings (SSSR count). The highest BCUT2D eigenvalue weighted by atomic mass is 16.5. The van der Waals surface area contributed by atoms with E-state index in [4.69, 9.17) is 9.84 Å². The molecule has 14 heavy (non-hydrogen) atoms. The normalized spacial score (nSPS) is 21.3. The van der Waals surface area contributed by atoms with Gasteiger partial charge in [0.2, 0.25) is 0 Å². The van der Waals surface area contributed by atoms with Crippen molar-refractivity contribution in [3.05, 3.63) is 0 Å². The van der Waals surface area contributed by atoms with Gasteiger partial charge in [-0.3, -0.25) is 4.79 Å². The van der Waals surface area contributed by atoms with Gasteiger partial charge in [-0.15, -0.1) is 0 Å². The molecule has 2 N–H and O–H groups in total. The van der Waals surface area contributed by atoms with E-state index >= 15 is 0 Å². The largest absolute Gasteiger partial charge is 0.481 e. The lowest BCUT2D eigenvalue weighted by molar-refractivity contribution is -0.137. The van der Waals surface area contributed by atoms with Gasteiger partial charge in [-0.2, -0.15) is 0 Å². The van der Waals surface area contributed by atoms with Crippen LogP contribution in [0.3, 0.4) is 0 Å². The SMILES string of the molecule is COC1(CNC(C)CC(=O)O)CCC1. The minimum atomic E-state index is -0.759. The molecule has 1 atom stereocenters. The monoisotopic (exact) mass is 201 g/mol. The Labute approximate surface area is 84.6 Å². The molecule has 0 amide bonds. The quantitative estimate of drug-likeness (QED) is 0.673. The number of carboxylic acids is 1. The zero-order valence-corrected chi connectivity index (χ0v) is 8.88. The molecule has 4 heteroatoms. The maximum atomic E-state index is 10.4. The number of nitrogens with one attached hydrogen (secondary N) is 1. The minimum Gasteiger partial charge on any atom is -0.481 e.